The minimum Gasteiger partial charge on any atom is -0.380 e. The third kappa shape index (κ3) is 7.49. The van der Waals surface area contributed by atoms with Crippen LogP contribution < -0.4 is 5.73 Å². The highest BCUT2D eigenvalue weighted by atomic mass is 19.1. The van der Waals surface area contributed by atoms with E-state index in [0.717, 1.165) is 25.9 Å². The summed E-state index contributed by atoms with van der Waals surface area (Å²) >= 11 is 0. The molecule has 5 heteroatoms. The van der Waals surface area contributed by atoms with E-state index in [0.29, 0.717) is 25.0 Å². The van der Waals surface area contributed by atoms with Crippen molar-refractivity contribution in [3.8, 4) is 0 Å². The highest BCUT2D eigenvalue weighted by Gasteiger charge is 2.20. The highest BCUT2D eigenvalue weighted by molar-refractivity contribution is 5.77. The van der Waals surface area contributed by atoms with Crippen LogP contribution in [0.25, 0.3) is 0 Å². The van der Waals surface area contributed by atoms with Gasteiger partial charge in [0.25, 0.3) is 0 Å². The van der Waals surface area contributed by atoms with Crippen molar-refractivity contribution < 1.29 is 13.9 Å². The molecular weight excluding hydrogens is 343 g/mol. The molecule has 146 valence electrons. The quantitative estimate of drug-likeness (QED) is 0.844. The summed E-state index contributed by atoms with van der Waals surface area (Å²) in [6.07, 6.45) is 2.86. The summed E-state index contributed by atoms with van der Waals surface area (Å²) in [5.41, 5.74) is 7.73. The summed E-state index contributed by atoms with van der Waals surface area (Å²) in [5.74, 6) is -0.155. The van der Waals surface area contributed by atoms with Gasteiger partial charge in [-0.25, -0.2) is 4.39 Å². The van der Waals surface area contributed by atoms with Crippen molar-refractivity contribution in [3.63, 3.8) is 0 Å². The Morgan fingerprint density at radius 1 is 1.11 bits per heavy atom. The van der Waals surface area contributed by atoms with E-state index in [2.05, 4.69) is 0 Å². The van der Waals surface area contributed by atoms with Gasteiger partial charge in [-0.05, 0) is 36.5 Å². The van der Waals surface area contributed by atoms with Crippen LogP contribution in [0.15, 0.2) is 54.6 Å². The Labute approximate surface area is 161 Å². The van der Waals surface area contributed by atoms with Gasteiger partial charge < -0.3 is 15.4 Å². The third-order valence-electron chi connectivity index (χ3n) is 4.49. The average Bonchev–Trinajstić information content (AvgIpc) is 3.20. The van der Waals surface area contributed by atoms with Gasteiger partial charge in [-0.3, -0.25) is 4.79 Å². The first-order valence-corrected chi connectivity index (χ1v) is 9.39. The lowest BCUT2D eigenvalue weighted by Crippen LogP contribution is -2.35. The number of rotatable bonds is 6. The Morgan fingerprint density at radius 3 is 2.37 bits per heavy atom. The Bertz CT molecular complexity index is 688. The Hall–Kier alpha value is -2.24. The van der Waals surface area contributed by atoms with Crippen LogP contribution in [0, 0.1) is 5.82 Å². The fraction of sp³-hybridized carbons (Fsp3) is 0.409. The van der Waals surface area contributed by atoms with Gasteiger partial charge in [-0.1, -0.05) is 48.5 Å². The Morgan fingerprint density at radius 2 is 1.74 bits per heavy atom. The average molecular weight is 372 g/mol. The van der Waals surface area contributed by atoms with Gasteiger partial charge in [0.1, 0.15) is 5.82 Å². The minimum absolute atomic E-state index is 0.0938. The van der Waals surface area contributed by atoms with E-state index in [1.54, 1.807) is 25.3 Å². The van der Waals surface area contributed by atoms with Crippen LogP contribution in [0.4, 0.5) is 4.39 Å². The van der Waals surface area contributed by atoms with E-state index < -0.39 is 0 Å². The smallest absolute Gasteiger partial charge is 0.224 e. The summed E-state index contributed by atoms with van der Waals surface area (Å²) in [6, 6.07) is 16.4. The first kappa shape index (κ1) is 21.1. The molecule has 2 aromatic rings. The number of hydrogen-bond acceptors (Lipinski definition) is 3. The molecule has 4 nitrogen and oxygen atoms in total. The number of ether oxygens (including phenoxy) is 1. The summed E-state index contributed by atoms with van der Waals surface area (Å²) in [4.78, 5) is 13.7. The molecule has 1 unspecified atom stereocenters. The second kappa shape index (κ2) is 11.5. The molecule has 0 aromatic heterocycles. The predicted octanol–water partition coefficient (Wildman–Crippen LogP) is 3.54. The topological polar surface area (TPSA) is 55.6 Å². The zero-order valence-corrected chi connectivity index (χ0v) is 15.9. The zero-order valence-electron chi connectivity index (χ0n) is 15.9. The standard InChI is InChI=1S/C14H19FN2O.C8H10O/c15-13-6-2-1-5-11(13)9-12(16)10-14(18)17-7-3-4-8-17;1-9-7-8-5-3-2-4-6-8/h1-2,5-6,12H,3-4,7-10,16H2;2-6H,7H2,1H3. The van der Waals surface area contributed by atoms with E-state index in [1.807, 2.05) is 35.2 Å². The van der Waals surface area contributed by atoms with Gasteiger partial charge in [0.2, 0.25) is 5.91 Å². The van der Waals surface area contributed by atoms with Crippen LogP contribution >= 0.6 is 0 Å². The van der Waals surface area contributed by atoms with E-state index in [-0.39, 0.29) is 17.8 Å². The maximum Gasteiger partial charge on any atom is 0.224 e. The van der Waals surface area contributed by atoms with Crippen LogP contribution in [0.5, 0.6) is 0 Å². The number of halogens is 1. The normalized spacial score (nSPS) is 14.4. The van der Waals surface area contributed by atoms with Gasteiger partial charge in [0.15, 0.2) is 0 Å². The van der Waals surface area contributed by atoms with E-state index in [1.165, 1.54) is 11.6 Å². The Balaban J connectivity index is 0.000000244. The number of carbonyl (C=O) groups excluding carboxylic acids is 1. The predicted molar refractivity (Wildman–Crippen MR) is 106 cm³/mol. The molecule has 1 atom stereocenters. The highest BCUT2D eigenvalue weighted by Crippen LogP contribution is 2.13. The number of nitrogens with zero attached hydrogens (tertiary/aromatic N) is 1. The molecule has 0 bridgehead atoms. The van der Waals surface area contributed by atoms with Crippen LogP contribution in [-0.2, 0) is 22.6 Å². The fourth-order valence-corrected chi connectivity index (χ4v) is 3.08. The molecule has 2 aromatic carbocycles. The van der Waals surface area contributed by atoms with E-state index in [4.69, 9.17) is 10.5 Å². The summed E-state index contributed by atoms with van der Waals surface area (Å²) in [6.45, 7) is 2.39. The van der Waals surface area contributed by atoms with E-state index >= 15 is 0 Å². The minimum atomic E-state index is -0.310. The van der Waals surface area contributed by atoms with Gasteiger partial charge in [-0.2, -0.15) is 0 Å². The monoisotopic (exact) mass is 372 g/mol. The first-order chi connectivity index (χ1) is 13.1. The SMILES string of the molecule is COCc1ccccc1.NC(CC(=O)N1CCCC1)Cc1ccccc1F. The molecule has 1 aliphatic heterocycles. The molecule has 1 heterocycles. The van der Waals surface area contributed by atoms with Gasteiger partial charge in [0, 0.05) is 32.7 Å². The molecule has 0 saturated carbocycles. The van der Waals surface area contributed by atoms with Crippen molar-refractivity contribution >= 4 is 5.91 Å². The molecule has 0 radical (unpaired) electrons. The van der Waals surface area contributed by atoms with Gasteiger partial charge in [-0.15, -0.1) is 0 Å². The third-order valence-corrected chi connectivity index (χ3v) is 4.49. The number of methoxy groups -OCH3 is 1. The number of amides is 1. The lowest BCUT2D eigenvalue weighted by molar-refractivity contribution is -0.130. The molecule has 1 saturated heterocycles. The number of carbonyl (C=O) groups is 1. The maximum atomic E-state index is 13.4. The molecule has 27 heavy (non-hydrogen) atoms. The number of nitrogens with two attached hydrogens (primary N) is 1. The van der Waals surface area contributed by atoms with Crippen LogP contribution in [0.2, 0.25) is 0 Å². The van der Waals surface area contributed by atoms with Crippen molar-refractivity contribution in [2.75, 3.05) is 20.2 Å². The molecule has 2 N–H and O–H groups in total. The van der Waals surface area contributed by atoms with Crippen LogP contribution in [0.1, 0.15) is 30.4 Å². The molecule has 3 rings (SSSR count). The maximum absolute atomic E-state index is 13.4. The fourth-order valence-electron chi connectivity index (χ4n) is 3.08. The van der Waals surface area contributed by atoms with Crippen molar-refractivity contribution in [2.45, 2.75) is 38.3 Å². The molecule has 0 spiro atoms. The summed E-state index contributed by atoms with van der Waals surface area (Å²) in [5, 5.41) is 0. The second-order valence-electron chi connectivity index (χ2n) is 6.77. The second-order valence-corrected chi connectivity index (χ2v) is 6.77. The summed E-state index contributed by atoms with van der Waals surface area (Å²) in [7, 11) is 1.70. The van der Waals surface area contributed by atoms with Crippen LogP contribution in [-0.4, -0.2) is 37.0 Å². The van der Waals surface area contributed by atoms with Gasteiger partial charge >= 0.3 is 0 Å². The van der Waals surface area contributed by atoms with Crippen molar-refractivity contribution in [3.05, 3.63) is 71.5 Å². The number of hydrogen-bond donors (Lipinski definition) is 1. The lowest BCUT2D eigenvalue weighted by Gasteiger charge is -2.18. The van der Waals surface area contributed by atoms with Gasteiger partial charge in [0.05, 0.1) is 6.61 Å². The molecule has 1 fully saturated rings. The van der Waals surface area contributed by atoms with Crippen molar-refractivity contribution in [1.82, 2.24) is 4.90 Å². The molecule has 1 amide bonds. The largest absolute Gasteiger partial charge is 0.380 e. The zero-order chi connectivity index (χ0) is 19.5. The lowest BCUT2D eigenvalue weighted by atomic mass is 10.0. The molecule has 0 aliphatic carbocycles. The Kier molecular flexibility index (Phi) is 8.95. The van der Waals surface area contributed by atoms with Crippen molar-refractivity contribution in [2.24, 2.45) is 5.73 Å². The first-order valence-electron chi connectivity index (χ1n) is 9.39. The van der Waals surface area contributed by atoms with Crippen molar-refractivity contribution in [1.29, 1.82) is 0 Å². The molecular formula is C22H29FN2O2. The van der Waals surface area contributed by atoms with Crippen LogP contribution in [0.3, 0.4) is 0 Å². The molecule has 1 aliphatic rings. The van der Waals surface area contributed by atoms with E-state index in [9.17, 15) is 9.18 Å². The summed E-state index contributed by atoms with van der Waals surface area (Å²) < 4.78 is 18.4. The number of likely N-dealkylation sites (tertiary alicyclic amines) is 1. The number of benzene rings is 2.